The molecule has 6 nitrogen and oxygen atoms in total. The van der Waals surface area contributed by atoms with Crippen LogP contribution in [0.3, 0.4) is 0 Å². The zero-order valence-corrected chi connectivity index (χ0v) is 24.1. The largest absolute Gasteiger partial charge is 0.494 e. The number of ether oxygens (including phenoxy) is 2. The highest BCUT2D eigenvalue weighted by atomic mass is 35.5. The Bertz CT molecular complexity index is 1530. The molecule has 5 rings (SSSR count). The standard InChI is InChI=1S/C32H30Cl2N2O4/c1-19(2)31-24(30(36-40-31)29-25(33)7-4-8-26(29)34)6-5-17-39-23-13-9-20(10-14-23)21-11-15-27-22(18-21)12-16-28(35-27)32(37)38-3/h4,7-16,18-19,24,31H,5-6,17H2,1-3H3. The van der Waals surface area contributed by atoms with Gasteiger partial charge in [-0.15, -0.1) is 0 Å². The summed E-state index contributed by atoms with van der Waals surface area (Å²) in [5, 5.41) is 6.51. The van der Waals surface area contributed by atoms with Gasteiger partial charge in [-0.3, -0.25) is 0 Å². The zero-order valence-electron chi connectivity index (χ0n) is 22.6. The minimum absolute atomic E-state index is 0.0363. The number of nitrogens with zero attached hydrogens (tertiary/aromatic N) is 2. The lowest BCUT2D eigenvalue weighted by molar-refractivity contribution is 0.0254. The fraction of sp³-hybridized carbons (Fsp3) is 0.281. The third kappa shape index (κ3) is 5.93. The highest BCUT2D eigenvalue weighted by Crippen LogP contribution is 2.36. The van der Waals surface area contributed by atoms with Crippen LogP contribution in [0.15, 0.2) is 78.0 Å². The number of rotatable bonds is 9. The molecule has 1 aliphatic heterocycles. The minimum Gasteiger partial charge on any atom is -0.494 e. The number of esters is 1. The van der Waals surface area contributed by atoms with Crippen LogP contribution in [0, 0.1) is 11.8 Å². The van der Waals surface area contributed by atoms with Crippen molar-refractivity contribution in [2.45, 2.75) is 32.8 Å². The molecule has 0 amide bonds. The second-order valence-corrected chi connectivity index (χ2v) is 10.9. The average molecular weight is 578 g/mol. The number of aromatic nitrogens is 1. The molecule has 0 bridgehead atoms. The Hall–Kier alpha value is -3.61. The normalized spacial score (nSPS) is 16.6. The van der Waals surface area contributed by atoms with E-state index >= 15 is 0 Å². The molecular weight excluding hydrogens is 547 g/mol. The molecule has 2 heterocycles. The van der Waals surface area contributed by atoms with Crippen LogP contribution < -0.4 is 4.74 Å². The second kappa shape index (κ2) is 12.3. The lowest BCUT2D eigenvalue weighted by Crippen LogP contribution is -2.29. The Kier molecular flexibility index (Phi) is 8.57. The van der Waals surface area contributed by atoms with Crippen LogP contribution >= 0.6 is 23.2 Å². The maximum absolute atomic E-state index is 11.8. The van der Waals surface area contributed by atoms with Crippen LogP contribution in [-0.2, 0) is 9.57 Å². The predicted octanol–water partition coefficient (Wildman–Crippen LogP) is 8.23. The SMILES string of the molecule is COC(=O)c1ccc2cc(-c3ccc(OCCCC4C(c5c(Cl)cccc5Cl)=NOC4C(C)C)cc3)ccc2n1. The summed E-state index contributed by atoms with van der Waals surface area (Å²) in [7, 11) is 1.35. The molecule has 0 spiro atoms. The molecule has 1 aliphatic rings. The molecule has 0 saturated carbocycles. The monoisotopic (exact) mass is 576 g/mol. The summed E-state index contributed by atoms with van der Waals surface area (Å²) in [5.74, 6) is 0.729. The third-order valence-corrected chi connectivity index (χ3v) is 7.73. The Morgan fingerprint density at radius 3 is 2.40 bits per heavy atom. The van der Waals surface area contributed by atoms with E-state index in [0.717, 1.165) is 51.9 Å². The van der Waals surface area contributed by atoms with Crippen molar-refractivity contribution in [2.75, 3.05) is 13.7 Å². The highest BCUT2D eigenvalue weighted by molar-refractivity contribution is 6.40. The van der Waals surface area contributed by atoms with Gasteiger partial charge in [0.1, 0.15) is 17.5 Å². The van der Waals surface area contributed by atoms with E-state index in [1.807, 2.05) is 60.7 Å². The van der Waals surface area contributed by atoms with Crippen molar-refractivity contribution < 1.29 is 19.1 Å². The van der Waals surface area contributed by atoms with Crippen molar-refractivity contribution in [3.05, 3.63) is 94.1 Å². The second-order valence-electron chi connectivity index (χ2n) is 10.1. The number of pyridine rings is 1. The van der Waals surface area contributed by atoms with E-state index in [1.165, 1.54) is 7.11 Å². The summed E-state index contributed by atoms with van der Waals surface area (Å²) in [6, 6.07) is 23.0. The summed E-state index contributed by atoms with van der Waals surface area (Å²) in [5.41, 5.74) is 4.71. The fourth-order valence-corrected chi connectivity index (χ4v) is 5.63. The van der Waals surface area contributed by atoms with Gasteiger partial charge < -0.3 is 14.3 Å². The molecule has 206 valence electrons. The number of carbonyl (C=O) groups excluding carboxylic acids is 1. The first kappa shape index (κ1) is 27.9. The van der Waals surface area contributed by atoms with Gasteiger partial charge in [-0.25, -0.2) is 9.78 Å². The number of benzene rings is 3. The van der Waals surface area contributed by atoms with Gasteiger partial charge in [0.25, 0.3) is 0 Å². The number of carbonyl (C=O) groups is 1. The van der Waals surface area contributed by atoms with Gasteiger partial charge in [-0.1, -0.05) is 72.5 Å². The minimum atomic E-state index is -0.448. The molecule has 0 fully saturated rings. The Labute approximate surface area is 243 Å². The van der Waals surface area contributed by atoms with Crippen LogP contribution in [0.25, 0.3) is 22.0 Å². The van der Waals surface area contributed by atoms with Crippen molar-refractivity contribution in [2.24, 2.45) is 17.0 Å². The summed E-state index contributed by atoms with van der Waals surface area (Å²) in [6.07, 6.45) is 1.63. The molecule has 8 heteroatoms. The zero-order chi connectivity index (χ0) is 28.2. The fourth-order valence-electron chi connectivity index (χ4n) is 5.04. The van der Waals surface area contributed by atoms with E-state index in [2.05, 4.69) is 30.1 Å². The number of fused-ring (bicyclic) bond motifs is 1. The molecule has 0 saturated heterocycles. The maximum Gasteiger partial charge on any atom is 0.356 e. The summed E-state index contributed by atoms with van der Waals surface area (Å²) >= 11 is 13.0. The molecule has 40 heavy (non-hydrogen) atoms. The van der Waals surface area contributed by atoms with Crippen LogP contribution in [-0.4, -0.2) is 36.5 Å². The Balaban J connectivity index is 1.21. The number of oxime groups is 1. The molecular formula is C32H30Cl2N2O4. The average Bonchev–Trinajstić information content (AvgIpc) is 3.38. The first-order valence-electron chi connectivity index (χ1n) is 13.3. The highest BCUT2D eigenvalue weighted by Gasteiger charge is 2.38. The van der Waals surface area contributed by atoms with Gasteiger partial charge >= 0.3 is 5.97 Å². The van der Waals surface area contributed by atoms with Crippen molar-refractivity contribution in [3.63, 3.8) is 0 Å². The van der Waals surface area contributed by atoms with E-state index in [4.69, 9.17) is 37.5 Å². The van der Waals surface area contributed by atoms with Gasteiger partial charge in [0.15, 0.2) is 0 Å². The molecule has 0 N–H and O–H groups in total. The molecule has 0 radical (unpaired) electrons. The Morgan fingerprint density at radius 2 is 1.70 bits per heavy atom. The lowest BCUT2D eigenvalue weighted by atomic mass is 9.84. The van der Waals surface area contributed by atoms with Crippen LogP contribution in [0.2, 0.25) is 10.0 Å². The van der Waals surface area contributed by atoms with E-state index in [-0.39, 0.29) is 12.0 Å². The van der Waals surface area contributed by atoms with Crippen LogP contribution in [0.1, 0.15) is 42.7 Å². The van der Waals surface area contributed by atoms with Crippen molar-refractivity contribution >= 4 is 45.8 Å². The molecule has 4 aromatic rings. The number of hydrogen-bond acceptors (Lipinski definition) is 6. The third-order valence-electron chi connectivity index (χ3n) is 7.10. The van der Waals surface area contributed by atoms with Gasteiger partial charge in [-0.05, 0) is 72.4 Å². The number of hydrogen-bond donors (Lipinski definition) is 0. The summed E-state index contributed by atoms with van der Waals surface area (Å²) < 4.78 is 10.8. The Morgan fingerprint density at radius 1 is 0.975 bits per heavy atom. The van der Waals surface area contributed by atoms with Crippen molar-refractivity contribution in [3.8, 4) is 16.9 Å². The first-order chi connectivity index (χ1) is 19.4. The van der Waals surface area contributed by atoms with Gasteiger partial charge in [0.05, 0.1) is 35.0 Å². The predicted molar refractivity (Wildman–Crippen MR) is 159 cm³/mol. The maximum atomic E-state index is 11.8. The first-order valence-corrected chi connectivity index (χ1v) is 14.0. The van der Waals surface area contributed by atoms with E-state index < -0.39 is 5.97 Å². The number of methoxy groups -OCH3 is 1. The molecule has 2 atom stereocenters. The molecule has 1 aromatic heterocycles. The lowest BCUT2D eigenvalue weighted by Gasteiger charge is -2.22. The number of halogens is 2. The van der Waals surface area contributed by atoms with E-state index in [1.54, 1.807) is 6.07 Å². The smallest absolute Gasteiger partial charge is 0.356 e. The van der Waals surface area contributed by atoms with Gasteiger partial charge in [0, 0.05) is 16.9 Å². The van der Waals surface area contributed by atoms with Crippen molar-refractivity contribution in [1.29, 1.82) is 0 Å². The molecule has 2 unspecified atom stereocenters. The van der Waals surface area contributed by atoms with Gasteiger partial charge in [-0.2, -0.15) is 0 Å². The molecule has 3 aromatic carbocycles. The topological polar surface area (TPSA) is 70.0 Å². The van der Waals surface area contributed by atoms with Gasteiger partial charge in [0.2, 0.25) is 0 Å². The van der Waals surface area contributed by atoms with Crippen LogP contribution in [0.5, 0.6) is 5.75 Å². The van der Waals surface area contributed by atoms with E-state index in [9.17, 15) is 4.79 Å². The quantitative estimate of drug-likeness (QED) is 0.148. The molecule has 0 aliphatic carbocycles. The summed E-state index contributed by atoms with van der Waals surface area (Å²) in [6.45, 7) is 4.83. The van der Waals surface area contributed by atoms with Crippen LogP contribution in [0.4, 0.5) is 0 Å². The van der Waals surface area contributed by atoms with Crippen molar-refractivity contribution in [1.82, 2.24) is 4.98 Å². The van der Waals surface area contributed by atoms with E-state index in [0.29, 0.717) is 28.3 Å². The summed E-state index contributed by atoms with van der Waals surface area (Å²) in [4.78, 5) is 22.0.